The molecular formula is C24H23F3N2O6. The van der Waals surface area contributed by atoms with Crippen molar-refractivity contribution in [2.24, 2.45) is 0 Å². The lowest BCUT2D eigenvalue weighted by molar-refractivity contribution is -0.161. The molecule has 2 aliphatic rings. The average Bonchev–Trinajstić information content (AvgIpc) is 3.39. The minimum Gasteiger partial charge on any atom is -0.479 e. The van der Waals surface area contributed by atoms with Crippen molar-refractivity contribution in [2.75, 3.05) is 13.2 Å². The number of nitrogens with one attached hydrogen (secondary N) is 2. The number of alkyl carbamates (subject to hydrolysis) is 1. The van der Waals surface area contributed by atoms with Gasteiger partial charge in [-0.3, -0.25) is 4.79 Å². The van der Waals surface area contributed by atoms with E-state index in [-0.39, 0.29) is 25.6 Å². The molecule has 2 amide bonds. The predicted molar refractivity (Wildman–Crippen MR) is 117 cm³/mol. The predicted octanol–water partition coefficient (Wildman–Crippen LogP) is 3.20. The third-order valence-corrected chi connectivity index (χ3v) is 6.10. The van der Waals surface area contributed by atoms with Gasteiger partial charge in [0.15, 0.2) is 6.10 Å². The number of halogens is 3. The van der Waals surface area contributed by atoms with Crippen LogP contribution in [0.5, 0.6) is 0 Å². The highest BCUT2D eigenvalue weighted by Crippen LogP contribution is 2.44. The molecule has 35 heavy (non-hydrogen) atoms. The summed E-state index contributed by atoms with van der Waals surface area (Å²) >= 11 is 0. The van der Waals surface area contributed by atoms with Crippen LogP contribution >= 0.6 is 0 Å². The lowest BCUT2D eigenvalue weighted by Gasteiger charge is -2.23. The number of rotatable bonds is 7. The normalized spacial score (nSPS) is 20.0. The van der Waals surface area contributed by atoms with E-state index in [1.165, 1.54) is 0 Å². The van der Waals surface area contributed by atoms with E-state index >= 15 is 0 Å². The average molecular weight is 492 g/mol. The van der Waals surface area contributed by atoms with Gasteiger partial charge in [0.2, 0.25) is 5.91 Å². The number of carboxylic acids is 1. The first-order valence-corrected chi connectivity index (χ1v) is 11.0. The molecule has 3 N–H and O–H groups in total. The van der Waals surface area contributed by atoms with Crippen LogP contribution in [0.2, 0.25) is 0 Å². The molecule has 186 valence electrons. The molecule has 1 fully saturated rings. The molecule has 1 saturated heterocycles. The molecule has 0 spiro atoms. The zero-order valence-electron chi connectivity index (χ0n) is 18.4. The van der Waals surface area contributed by atoms with Gasteiger partial charge in [0, 0.05) is 12.5 Å². The maximum atomic E-state index is 13.5. The van der Waals surface area contributed by atoms with Gasteiger partial charge in [-0.2, -0.15) is 13.2 Å². The molecule has 8 nitrogen and oxygen atoms in total. The molecule has 2 aromatic carbocycles. The third-order valence-electron chi connectivity index (χ3n) is 6.10. The Labute approximate surface area is 198 Å². The molecule has 1 heterocycles. The number of hydrogen-bond donors (Lipinski definition) is 3. The van der Waals surface area contributed by atoms with E-state index in [1.54, 1.807) is 5.32 Å². The number of benzene rings is 2. The first-order valence-electron chi connectivity index (χ1n) is 11.0. The fourth-order valence-electron chi connectivity index (χ4n) is 4.46. The molecule has 3 atom stereocenters. The molecule has 0 aromatic heterocycles. The summed E-state index contributed by atoms with van der Waals surface area (Å²) in [5, 5.41) is 13.0. The summed E-state index contributed by atoms with van der Waals surface area (Å²) in [6, 6.07) is 11.6. The van der Waals surface area contributed by atoms with Crippen LogP contribution in [-0.4, -0.2) is 60.7 Å². The van der Waals surface area contributed by atoms with Gasteiger partial charge in [-0.25, -0.2) is 9.59 Å². The number of hydrogen-bond acceptors (Lipinski definition) is 5. The van der Waals surface area contributed by atoms with Gasteiger partial charge >= 0.3 is 18.2 Å². The smallest absolute Gasteiger partial charge is 0.409 e. The van der Waals surface area contributed by atoms with Gasteiger partial charge in [-0.15, -0.1) is 0 Å². The van der Waals surface area contributed by atoms with Crippen molar-refractivity contribution in [1.29, 1.82) is 0 Å². The van der Waals surface area contributed by atoms with E-state index in [0.29, 0.717) is 0 Å². The number of aliphatic carboxylic acids is 1. The molecule has 1 aliphatic carbocycles. The Morgan fingerprint density at radius 3 is 2.23 bits per heavy atom. The summed E-state index contributed by atoms with van der Waals surface area (Å²) in [4.78, 5) is 35.6. The fourth-order valence-corrected chi connectivity index (χ4v) is 4.46. The number of carboxylic acid groups (broad SMARTS) is 1. The number of alkyl halides is 3. The van der Waals surface area contributed by atoms with Crippen LogP contribution < -0.4 is 10.6 Å². The molecular weight excluding hydrogens is 469 g/mol. The van der Waals surface area contributed by atoms with Crippen LogP contribution in [0.25, 0.3) is 11.1 Å². The monoisotopic (exact) mass is 492 g/mol. The van der Waals surface area contributed by atoms with Crippen LogP contribution in [0.15, 0.2) is 48.5 Å². The van der Waals surface area contributed by atoms with Crippen molar-refractivity contribution in [3.63, 3.8) is 0 Å². The number of carbonyl (C=O) groups is 3. The number of carbonyl (C=O) groups excluding carboxylic acids is 2. The van der Waals surface area contributed by atoms with Crippen molar-refractivity contribution in [2.45, 2.75) is 43.1 Å². The number of amides is 2. The largest absolute Gasteiger partial charge is 0.479 e. The highest BCUT2D eigenvalue weighted by Gasteiger charge is 2.43. The van der Waals surface area contributed by atoms with Crippen LogP contribution in [-0.2, 0) is 19.1 Å². The second-order valence-electron chi connectivity index (χ2n) is 8.36. The molecule has 1 aliphatic heterocycles. The lowest BCUT2D eigenvalue weighted by Crippen LogP contribution is -2.51. The van der Waals surface area contributed by atoms with Gasteiger partial charge < -0.3 is 25.2 Å². The Bertz CT molecular complexity index is 1080. The zero-order chi connectivity index (χ0) is 25.2. The lowest BCUT2D eigenvalue weighted by atomic mass is 9.98. The minimum atomic E-state index is -4.93. The van der Waals surface area contributed by atoms with E-state index < -0.39 is 48.8 Å². The summed E-state index contributed by atoms with van der Waals surface area (Å²) in [5.41, 5.74) is 3.75. The van der Waals surface area contributed by atoms with Gasteiger partial charge in [-0.05, 0) is 28.7 Å². The SMILES string of the molecule is O=C(CC(NC(=O)OCC1c2ccccc2-c2ccccc21)C(F)(F)F)N[C@@H]1CCO[C@@H]1C(=O)O. The Balaban J connectivity index is 1.37. The summed E-state index contributed by atoms with van der Waals surface area (Å²) in [6.07, 6.45) is -8.55. The maximum Gasteiger partial charge on any atom is 0.409 e. The van der Waals surface area contributed by atoms with E-state index in [1.807, 2.05) is 48.5 Å². The zero-order valence-corrected chi connectivity index (χ0v) is 18.4. The van der Waals surface area contributed by atoms with Crippen molar-refractivity contribution in [3.05, 3.63) is 59.7 Å². The van der Waals surface area contributed by atoms with Crippen LogP contribution in [0, 0.1) is 0 Å². The molecule has 0 bridgehead atoms. The van der Waals surface area contributed by atoms with Crippen LogP contribution in [0.1, 0.15) is 29.9 Å². The van der Waals surface area contributed by atoms with Crippen LogP contribution in [0.4, 0.5) is 18.0 Å². The van der Waals surface area contributed by atoms with Crippen molar-refractivity contribution in [3.8, 4) is 11.1 Å². The molecule has 11 heteroatoms. The molecule has 2 aromatic rings. The highest BCUT2D eigenvalue weighted by molar-refractivity contribution is 5.81. The summed E-state index contributed by atoms with van der Waals surface area (Å²) in [6.45, 7) is -0.126. The van der Waals surface area contributed by atoms with Crippen molar-refractivity contribution >= 4 is 18.0 Å². The molecule has 0 saturated carbocycles. The second kappa shape index (κ2) is 9.95. The van der Waals surface area contributed by atoms with Crippen molar-refractivity contribution in [1.82, 2.24) is 10.6 Å². The summed E-state index contributed by atoms with van der Waals surface area (Å²) in [5.74, 6) is -2.72. The maximum absolute atomic E-state index is 13.5. The second-order valence-corrected chi connectivity index (χ2v) is 8.36. The van der Waals surface area contributed by atoms with E-state index in [0.717, 1.165) is 22.3 Å². The number of ether oxygens (including phenoxy) is 2. The Kier molecular flexibility index (Phi) is 6.97. The number of fused-ring (bicyclic) bond motifs is 3. The topological polar surface area (TPSA) is 114 Å². The first-order chi connectivity index (χ1) is 16.6. The molecule has 1 unspecified atom stereocenters. The summed E-state index contributed by atoms with van der Waals surface area (Å²) in [7, 11) is 0. The van der Waals surface area contributed by atoms with E-state index in [4.69, 9.17) is 14.6 Å². The third kappa shape index (κ3) is 5.40. The van der Waals surface area contributed by atoms with Gasteiger partial charge in [0.25, 0.3) is 0 Å². The summed E-state index contributed by atoms with van der Waals surface area (Å²) < 4.78 is 50.7. The quantitative estimate of drug-likeness (QED) is 0.547. The standard InChI is InChI=1S/C24H23F3N2O6/c25-24(26,27)19(11-20(30)28-18-9-10-34-21(18)22(31)32)29-23(33)35-12-17-15-7-3-1-5-13(15)14-6-2-4-8-16(14)17/h1-8,17-19,21H,9-12H2,(H,28,30)(H,29,33)(H,31,32)/t18-,19?,21+/m1/s1. The fraction of sp³-hybridized carbons (Fsp3) is 0.375. The van der Waals surface area contributed by atoms with E-state index in [2.05, 4.69) is 5.32 Å². The molecule has 4 rings (SSSR count). The minimum absolute atomic E-state index is 0.0581. The first kappa shape index (κ1) is 24.5. The molecule has 0 radical (unpaired) electrons. The van der Waals surface area contributed by atoms with Crippen LogP contribution in [0.3, 0.4) is 0 Å². The highest BCUT2D eigenvalue weighted by atomic mass is 19.4. The van der Waals surface area contributed by atoms with Gasteiger partial charge in [0.05, 0.1) is 12.5 Å². The van der Waals surface area contributed by atoms with Gasteiger partial charge in [0.1, 0.15) is 12.6 Å². The van der Waals surface area contributed by atoms with Crippen molar-refractivity contribution < 1.29 is 42.1 Å². The Hall–Kier alpha value is -3.60. The van der Waals surface area contributed by atoms with E-state index in [9.17, 15) is 27.6 Å². The van der Waals surface area contributed by atoms with Gasteiger partial charge in [-0.1, -0.05) is 48.5 Å². The Morgan fingerprint density at radius 2 is 1.66 bits per heavy atom. The Morgan fingerprint density at radius 1 is 1.06 bits per heavy atom.